The van der Waals surface area contributed by atoms with Gasteiger partial charge in [0.1, 0.15) is 4.75 Å². The highest BCUT2D eigenvalue weighted by Gasteiger charge is 2.51. The minimum atomic E-state index is -0.570. The SMILES string of the molecule is C[C@@H]1CNC2c3c(ccc4nc(O)ccc34)SC2(C)C(=O)N1. The van der Waals surface area contributed by atoms with Gasteiger partial charge >= 0.3 is 0 Å². The van der Waals surface area contributed by atoms with E-state index in [9.17, 15) is 9.90 Å². The number of nitrogens with zero attached hydrogens (tertiary/aromatic N) is 1. The zero-order chi connectivity index (χ0) is 15.5. The van der Waals surface area contributed by atoms with Crippen LogP contribution in [-0.2, 0) is 4.79 Å². The molecule has 1 saturated heterocycles. The molecule has 4 rings (SSSR count). The molecule has 2 aromatic rings. The lowest BCUT2D eigenvalue weighted by atomic mass is 9.91. The summed E-state index contributed by atoms with van der Waals surface area (Å²) in [4.78, 5) is 17.9. The number of thioether (sulfide) groups is 1. The number of aromatic hydroxyl groups is 1. The van der Waals surface area contributed by atoms with Gasteiger partial charge in [0.25, 0.3) is 0 Å². The van der Waals surface area contributed by atoms with E-state index >= 15 is 0 Å². The summed E-state index contributed by atoms with van der Waals surface area (Å²) < 4.78 is -0.570. The number of carbonyl (C=O) groups is 1. The molecule has 2 aliphatic heterocycles. The lowest BCUT2D eigenvalue weighted by molar-refractivity contribution is -0.123. The van der Waals surface area contributed by atoms with Crippen LogP contribution < -0.4 is 10.6 Å². The molecule has 5 nitrogen and oxygen atoms in total. The zero-order valence-electron chi connectivity index (χ0n) is 12.4. The Kier molecular flexibility index (Phi) is 2.90. The van der Waals surface area contributed by atoms with Crippen molar-refractivity contribution < 1.29 is 9.90 Å². The first-order valence-corrected chi connectivity index (χ1v) is 8.16. The molecule has 0 saturated carbocycles. The molecule has 0 spiro atoms. The summed E-state index contributed by atoms with van der Waals surface area (Å²) in [5.41, 5.74) is 1.87. The Hall–Kier alpha value is -1.79. The maximum Gasteiger partial charge on any atom is 0.238 e. The number of benzene rings is 1. The third kappa shape index (κ3) is 1.84. The molecule has 2 unspecified atom stereocenters. The fourth-order valence-electron chi connectivity index (χ4n) is 3.33. The zero-order valence-corrected chi connectivity index (χ0v) is 13.2. The van der Waals surface area contributed by atoms with Gasteiger partial charge in [-0.05, 0) is 37.6 Å². The molecule has 3 heterocycles. The number of fused-ring (bicyclic) bond motifs is 5. The van der Waals surface area contributed by atoms with Crippen molar-refractivity contribution in [3.05, 3.63) is 29.8 Å². The molecular weight excluding hydrogens is 298 g/mol. The molecule has 3 N–H and O–H groups in total. The fraction of sp³-hybridized carbons (Fsp3) is 0.375. The maximum atomic E-state index is 12.7. The summed E-state index contributed by atoms with van der Waals surface area (Å²) >= 11 is 1.60. The van der Waals surface area contributed by atoms with Crippen LogP contribution in [0.2, 0.25) is 0 Å². The first-order valence-electron chi connectivity index (χ1n) is 7.35. The van der Waals surface area contributed by atoms with E-state index in [2.05, 4.69) is 15.6 Å². The summed E-state index contributed by atoms with van der Waals surface area (Å²) in [6.07, 6.45) is 0. The Labute approximate surface area is 132 Å². The first kappa shape index (κ1) is 13.8. The highest BCUT2D eigenvalue weighted by molar-refractivity contribution is 8.01. The number of hydrogen-bond acceptors (Lipinski definition) is 5. The molecule has 6 heteroatoms. The lowest BCUT2D eigenvalue weighted by Crippen LogP contribution is -2.45. The van der Waals surface area contributed by atoms with Crippen LogP contribution in [0.15, 0.2) is 29.2 Å². The predicted octanol–water partition coefficient (Wildman–Crippen LogP) is 1.95. The van der Waals surface area contributed by atoms with Crippen LogP contribution in [0.5, 0.6) is 5.88 Å². The van der Waals surface area contributed by atoms with Crippen molar-refractivity contribution in [1.29, 1.82) is 0 Å². The Balaban J connectivity index is 1.93. The van der Waals surface area contributed by atoms with Crippen LogP contribution in [0.3, 0.4) is 0 Å². The molecule has 1 fully saturated rings. The Bertz CT molecular complexity index is 794. The second-order valence-electron chi connectivity index (χ2n) is 6.14. The summed E-state index contributed by atoms with van der Waals surface area (Å²) in [5.74, 6) is 0.0807. The minimum absolute atomic E-state index is 0.0149. The summed E-state index contributed by atoms with van der Waals surface area (Å²) in [6, 6.07) is 7.42. The van der Waals surface area contributed by atoms with Crippen LogP contribution in [0.1, 0.15) is 25.5 Å². The van der Waals surface area contributed by atoms with Crippen molar-refractivity contribution in [2.75, 3.05) is 6.54 Å². The quantitative estimate of drug-likeness (QED) is 0.693. The molecule has 1 aromatic heterocycles. The maximum absolute atomic E-state index is 12.7. The average Bonchev–Trinajstić information content (AvgIpc) is 2.72. The molecular formula is C16H17N3O2S. The van der Waals surface area contributed by atoms with E-state index in [1.807, 2.05) is 32.0 Å². The molecule has 1 aromatic carbocycles. The summed E-state index contributed by atoms with van der Waals surface area (Å²) in [6.45, 7) is 4.72. The first-order chi connectivity index (χ1) is 10.5. The number of carbonyl (C=O) groups excluding carboxylic acids is 1. The molecule has 3 atom stereocenters. The van der Waals surface area contributed by atoms with E-state index in [4.69, 9.17) is 0 Å². The van der Waals surface area contributed by atoms with Gasteiger partial charge in [-0.2, -0.15) is 0 Å². The summed E-state index contributed by atoms with van der Waals surface area (Å²) in [5, 5.41) is 17.2. The van der Waals surface area contributed by atoms with Crippen molar-refractivity contribution in [2.45, 2.75) is 35.6 Å². The number of rotatable bonds is 0. The second kappa shape index (κ2) is 4.60. The molecule has 1 amide bonds. The molecule has 0 bridgehead atoms. The van der Waals surface area contributed by atoms with Gasteiger partial charge in [0, 0.05) is 28.9 Å². The van der Waals surface area contributed by atoms with Gasteiger partial charge in [-0.15, -0.1) is 11.8 Å². The smallest absolute Gasteiger partial charge is 0.238 e. The third-order valence-corrected chi connectivity index (χ3v) is 5.90. The Morgan fingerprint density at radius 2 is 2.18 bits per heavy atom. The highest BCUT2D eigenvalue weighted by Crippen LogP contribution is 2.54. The van der Waals surface area contributed by atoms with E-state index in [1.54, 1.807) is 17.8 Å². The van der Waals surface area contributed by atoms with E-state index in [0.717, 1.165) is 27.9 Å². The number of aromatic nitrogens is 1. The average molecular weight is 315 g/mol. The predicted molar refractivity (Wildman–Crippen MR) is 86.0 cm³/mol. The molecule has 0 radical (unpaired) electrons. The molecule has 114 valence electrons. The molecule has 0 aliphatic carbocycles. The van der Waals surface area contributed by atoms with E-state index < -0.39 is 4.75 Å². The van der Waals surface area contributed by atoms with Crippen LogP contribution in [0.25, 0.3) is 10.9 Å². The van der Waals surface area contributed by atoms with Gasteiger partial charge in [0.05, 0.1) is 11.6 Å². The number of pyridine rings is 1. The van der Waals surface area contributed by atoms with Crippen molar-refractivity contribution >= 4 is 28.6 Å². The van der Waals surface area contributed by atoms with Crippen molar-refractivity contribution in [1.82, 2.24) is 15.6 Å². The monoisotopic (exact) mass is 315 g/mol. The van der Waals surface area contributed by atoms with Gasteiger partial charge in [0.2, 0.25) is 11.8 Å². The lowest BCUT2D eigenvalue weighted by Gasteiger charge is -2.27. The van der Waals surface area contributed by atoms with Crippen molar-refractivity contribution in [3.8, 4) is 5.88 Å². The van der Waals surface area contributed by atoms with Gasteiger partial charge in [-0.3, -0.25) is 4.79 Å². The number of hydrogen-bond donors (Lipinski definition) is 3. The topological polar surface area (TPSA) is 74.2 Å². The van der Waals surface area contributed by atoms with Crippen LogP contribution in [0, 0.1) is 0 Å². The van der Waals surface area contributed by atoms with Gasteiger partial charge < -0.3 is 15.7 Å². The normalized spacial score (nSPS) is 30.5. The van der Waals surface area contributed by atoms with E-state index in [1.165, 1.54) is 0 Å². The minimum Gasteiger partial charge on any atom is -0.493 e. The fourth-order valence-corrected chi connectivity index (χ4v) is 4.73. The number of amides is 1. The van der Waals surface area contributed by atoms with Gasteiger partial charge in [-0.1, -0.05) is 0 Å². The Morgan fingerprint density at radius 1 is 1.36 bits per heavy atom. The third-order valence-electron chi connectivity index (χ3n) is 4.48. The van der Waals surface area contributed by atoms with E-state index in [0.29, 0.717) is 0 Å². The molecule has 2 aliphatic rings. The van der Waals surface area contributed by atoms with E-state index in [-0.39, 0.29) is 23.9 Å². The van der Waals surface area contributed by atoms with Crippen molar-refractivity contribution in [2.24, 2.45) is 0 Å². The number of nitrogens with one attached hydrogen (secondary N) is 2. The van der Waals surface area contributed by atoms with Crippen LogP contribution >= 0.6 is 11.8 Å². The van der Waals surface area contributed by atoms with Gasteiger partial charge in [0.15, 0.2) is 0 Å². The second-order valence-corrected chi connectivity index (χ2v) is 7.63. The highest BCUT2D eigenvalue weighted by atomic mass is 32.2. The van der Waals surface area contributed by atoms with Gasteiger partial charge in [-0.25, -0.2) is 4.98 Å². The van der Waals surface area contributed by atoms with Crippen molar-refractivity contribution in [3.63, 3.8) is 0 Å². The summed E-state index contributed by atoms with van der Waals surface area (Å²) in [7, 11) is 0. The Morgan fingerprint density at radius 3 is 3.00 bits per heavy atom. The van der Waals surface area contributed by atoms with Crippen LogP contribution in [0.4, 0.5) is 0 Å². The molecule has 22 heavy (non-hydrogen) atoms. The standard InChI is InChI=1S/C16H17N3O2S/c1-8-7-17-14-13-9-3-6-12(20)19-10(9)4-5-11(13)22-16(14,2)15(21)18-8/h3-6,8,14,17H,7H2,1-2H3,(H,18,21)(H,19,20)/t8-,14?,16?/m1/s1. The van der Waals surface area contributed by atoms with Crippen LogP contribution in [-0.4, -0.2) is 33.3 Å². The largest absolute Gasteiger partial charge is 0.493 e.